The molecule has 0 aliphatic rings. The smallest absolute Gasteiger partial charge is 0.203 e. The Morgan fingerprint density at radius 1 is 1.03 bits per heavy atom. The number of hydrogen-bond donors (Lipinski definition) is 0. The molecule has 11 heteroatoms. The van der Waals surface area contributed by atoms with Crippen LogP contribution in [0.5, 0.6) is 0 Å². The maximum Gasteiger partial charge on any atom is 0.203 e. The van der Waals surface area contributed by atoms with Gasteiger partial charge in [0.2, 0.25) is 5.16 Å². The fraction of sp³-hybridized carbons (Fsp3) is 0.136. The van der Waals surface area contributed by atoms with E-state index in [9.17, 15) is 8.42 Å². The van der Waals surface area contributed by atoms with E-state index in [2.05, 4.69) is 44.3 Å². The predicted octanol–water partition coefficient (Wildman–Crippen LogP) is 5.23. The maximum absolute atomic E-state index is 11.9. The molecule has 33 heavy (non-hydrogen) atoms. The average molecular weight is 514 g/mol. The quantitative estimate of drug-likeness (QED) is 0.308. The molecule has 5 aromatic rings. The molecule has 2 aromatic carbocycles. The lowest BCUT2D eigenvalue weighted by molar-refractivity contribution is 0.602. The van der Waals surface area contributed by atoms with Crippen LogP contribution in [-0.2, 0) is 9.84 Å². The van der Waals surface area contributed by atoms with Gasteiger partial charge in [-0.3, -0.25) is 4.57 Å². The van der Waals surface area contributed by atoms with E-state index in [0.29, 0.717) is 10.1 Å². The van der Waals surface area contributed by atoms with Gasteiger partial charge in [0.05, 0.1) is 20.0 Å². The van der Waals surface area contributed by atoms with Crippen LogP contribution < -0.4 is 4.90 Å². The summed E-state index contributed by atoms with van der Waals surface area (Å²) in [5.41, 5.74) is 2.82. The third-order valence-electron chi connectivity index (χ3n) is 4.95. The number of benzene rings is 2. The normalized spacial score (nSPS) is 11.8. The van der Waals surface area contributed by atoms with E-state index in [1.54, 1.807) is 29.5 Å². The highest BCUT2D eigenvalue weighted by atomic mass is 32.2. The Morgan fingerprint density at radius 2 is 1.82 bits per heavy atom. The SMILES string of the molecule is CN(C)c1ccc(-n2c(Sc3nc4ccc(S(C)(=O)=O)cc4s3)nnc2-c2cccs2)cc1. The van der Waals surface area contributed by atoms with E-state index >= 15 is 0 Å². The second-order valence-corrected chi connectivity index (χ2v) is 12.7. The van der Waals surface area contributed by atoms with Crippen molar-refractivity contribution >= 4 is 60.2 Å². The molecule has 0 saturated heterocycles. The summed E-state index contributed by atoms with van der Waals surface area (Å²) in [6.07, 6.45) is 1.21. The highest BCUT2D eigenvalue weighted by Gasteiger charge is 2.19. The van der Waals surface area contributed by atoms with Crippen molar-refractivity contribution in [2.45, 2.75) is 14.4 Å². The first-order valence-corrected chi connectivity index (χ1v) is 14.3. The van der Waals surface area contributed by atoms with Crippen molar-refractivity contribution < 1.29 is 8.42 Å². The number of nitrogens with zero attached hydrogens (tertiary/aromatic N) is 5. The van der Waals surface area contributed by atoms with Gasteiger partial charge < -0.3 is 4.90 Å². The zero-order valence-corrected chi connectivity index (χ0v) is 21.2. The van der Waals surface area contributed by atoms with E-state index in [1.165, 1.54) is 29.4 Å². The van der Waals surface area contributed by atoms with Crippen LogP contribution in [0.1, 0.15) is 0 Å². The first-order chi connectivity index (χ1) is 15.8. The molecule has 0 spiro atoms. The van der Waals surface area contributed by atoms with Gasteiger partial charge in [-0.05, 0) is 65.7 Å². The zero-order valence-electron chi connectivity index (χ0n) is 18.0. The van der Waals surface area contributed by atoms with Gasteiger partial charge in [-0.25, -0.2) is 13.4 Å². The summed E-state index contributed by atoms with van der Waals surface area (Å²) in [6.45, 7) is 0. The Balaban J connectivity index is 1.57. The van der Waals surface area contributed by atoms with Gasteiger partial charge >= 0.3 is 0 Å². The lowest BCUT2D eigenvalue weighted by Gasteiger charge is -2.14. The molecular formula is C22H19N5O2S4. The monoisotopic (exact) mass is 513 g/mol. The number of rotatable bonds is 6. The molecule has 0 N–H and O–H groups in total. The fourth-order valence-corrected chi connectivity index (χ4v) is 6.75. The molecular weight excluding hydrogens is 495 g/mol. The minimum atomic E-state index is -3.27. The van der Waals surface area contributed by atoms with Gasteiger partial charge in [0.1, 0.15) is 0 Å². The Morgan fingerprint density at radius 3 is 2.48 bits per heavy atom. The van der Waals surface area contributed by atoms with Crippen molar-refractivity contribution in [3.8, 4) is 16.4 Å². The van der Waals surface area contributed by atoms with Crippen molar-refractivity contribution in [3.05, 3.63) is 60.0 Å². The van der Waals surface area contributed by atoms with Crippen LogP contribution in [0.4, 0.5) is 5.69 Å². The Hall–Kier alpha value is -2.73. The number of thiazole rings is 1. The molecule has 5 rings (SSSR count). The van der Waals surface area contributed by atoms with Gasteiger partial charge in [-0.15, -0.1) is 32.9 Å². The van der Waals surface area contributed by atoms with Crippen molar-refractivity contribution in [1.82, 2.24) is 19.7 Å². The van der Waals surface area contributed by atoms with Crippen molar-refractivity contribution in [1.29, 1.82) is 0 Å². The number of hydrogen-bond acceptors (Lipinski definition) is 9. The van der Waals surface area contributed by atoms with Crippen LogP contribution in [-0.4, -0.2) is 48.5 Å². The summed E-state index contributed by atoms with van der Waals surface area (Å²) in [6, 6.07) is 17.3. The minimum Gasteiger partial charge on any atom is -0.378 e. The standard InChI is InChI=1S/C22H19N5O2S4/c1-26(2)14-6-8-15(9-7-14)27-20(18-5-4-12-30-18)24-25-21(27)32-22-23-17-11-10-16(33(3,28)29)13-19(17)31-22/h4-13H,1-3H3. The molecule has 7 nitrogen and oxygen atoms in total. The lowest BCUT2D eigenvalue weighted by Crippen LogP contribution is -2.08. The molecule has 0 aliphatic heterocycles. The van der Waals surface area contributed by atoms with E-state index in [-0.39, 0.29) is 0 Å². The Labute approximate surface area is 203 Å². The van der Waals surface area contributed by atoms with E-state index < -0.39 is 9.84 Å². The number of aromatic nitrogens is 4. The summed E-state index contributed by atoms with van der Waals surface area (Å²) < 4.78 is 27.4. The first kappa shape index (κ1) is 22.1. The molecule has 0 bridgehead atoms. The molecule has 3 aromatic heterocycles. The van der Waals surface area contributed by atoms with Gasteiger partial charge in [0.15, 0.2) is 20.0 Å². The van der Waals surface area contributed by atoms with Gasteiger partial charge in [-0.1, -0.05) is 6.07 Å². The van der Waals surface area contributed by atoms with Gasteiger partial charge in [-0.2, -0.15) is 0 Å². The average Bonchev–Trinajstić information content (AvgIpc) is 3.52. The molecule has 0 radical (unpaired) electrons. The summed E-state index contributed by atoms with van der Waals surface area (Å²) >= 11 is 4.47. The predicted molar refractivity (Wildman–Crippen MR) is 136 cm³/mol. The first-order valence-electron chi connectivity index (χ1n) is 9.85. The number of anilines is 1. The highest BCUT2D eigenvalue weighted by molar-refractivity contribution is 8.01. The van der Waals surface area contributed by atoms with E-state index in [1.807, 2.05) is 36.2 Å². The second kappa shape index (κ2) is 8.56. The highest BCUT2D eigenvalue weighted by Crippen LogP contribution is 2.38. The molecule has 0 amide bonds. The van der Waals surface area contributed by atoms with Crippen molar-refractivity contribution in [3.63, 3.8) is 0 Å². The minimum absolute atomic E-state index is 0.291. The topological polar surface area (TPSA) is 81.0 Å². The van der Waals surface area contributed by atoms with Crippen LogP contribution in [0.15, 0.2) is 74.4 Å². The summed E-state index contributed by atoms with van der Waals surface area (Å²) in [4.78, 5) is 8.04. The second-order valence-electron chi connectivity index (χ2n) is 7.51. The lowest BCUT2D eigenvalue weighted by atomic mass is 10.2. The van der Waals surface area contributed by atoms with E-state index in [4.69, 9.17) is 0 Å². The summed E-state index contributed by atoms with van der Waals surface area (Å²) in [5, 5.41) is 11.7. The van der Waals surface area contributed by atoms with Crippen molar-refractivity contribution in [2.24, 2.45) is 0 Å². The molecule has 0 atom stereocenters. The van der Waals surface area contributed by atoms with Gasteiger partial charge in [0, 0.05) is 31.7 Å². The summed E-state index contributed by atoms with van der Waals surface area (Å²) in [5.74, 6) is 0.769. The molecule has 0 aliphatic carbocycles. The molecule has 0 unspecified atom stereocenters. The third-order valence-corrected chi connectivity index (χ3v) is 8.95. The zero-order chi connectivity index (χ0) is 23.2. The molecule has 0 fully saturated rings. The molecule has 0 saturated carbocycles. The van der Waals surface area contributed by atoms with E-state index in [0.717, 1.165) is 36.6 Å². The largest absolute Gasteiger partial charge is 0.378 e. The third kappa shape index (κ3) is 4.41. The molecule has 3 heterocycles. The van der Waals surface area contributed by atoms with Crippen LogP contribution >= 0.6 is 34.4 Å². The van der Waals surface area contributed by atoms with Crippen LogP contribution in [0, 0.1) is 0 Å². The Bertz CT molecular complexity index is 1540. The fourth-order valence-electron chi connectivity index (χ4n) is 3.27. The number of sulfone groups is 1. The van der Waals surface area contributed by atoms with Crippen LogP contribution in [0.2, 0.25) is 0 Å². The molecule has 168 valence electrons. The summed E-state index contributed by atoms with van der Waals surface area (Å²) in [7, 11) is 0.742. The number of fused-ring (bicyclic) bond motifs is 1. The van der Waals surface area contributed by atoms with Crippen LogP contribution in [0.25, 0.3) is 26.6 Å². The van der Waals surface area contributed by atoms with Crippen LogP contribution in [0.3, 0.4) is 0 Å². The number of thiophene rings is 1. The van der Waals surface area contributed by atoms with Gasteiger partial charge in [0.25, 0.3) is 0 Å². The van der Waals surface area contributed by atoms with Crippen molar-refractivity contribution in [2.75, 3.05) is 25.3 Å². The maximum atomic E-state index is 11.9. The Kier molecular flexibility index (Phi) is 5.73.